The molecule has 3 N–H and O–H groups in total. The third-order valence-corrected chi connectivity index (χ3v) is 4.19. The number of hydrogen-bond donors (Lipinski definition) is 3. The minimum absolute atomic E-state index is 0.196. The largest absolute Gasteiger partial charge is 0.497 e. The molecule has 0 bridgehead atoms. The maximum absolute atomic E-state index is 12.6. The first kappa shape index (κ1) is 21.4. The maximum Gasteiger partial charge on any atom is 0.253 e. The van der Waals surface area contributed by atoms with Crippen LogP contribution in [0.2, 0.25) is 0 Å². The van der Waals surface area contributed by atoms with Gasteiger partial charge in [-0.1, -0.05) is 30.3 Å². The second-order valence-corrected chi connectivity index (χ2v) is 6.28. The number of benzene rings is 2. The fourth-order valence-electron chi connectivity index (χ4n) is 2.62. The first-order chi connectivity index (χ1) is 13.6. The SMILES string of the molecule is COc1ccc(COC(CCCCC(=O)NO)C(=O)Nc2ccccc2)cc1. The summed E-state index contributed by atoms with van der Waals surface area (Å²) in [6.45, 7) is 0.286. The van der Waals surface area contributed by atoms with Gasteiger partial charge in [-0.05, 0) is 49.1 Å². The predicted molar refractivity (Wildman–Crippen MR) is 105 cm³/mol. The van der Waals surface area contributed by atoms with Crippen LogP contribution in [0.25, 0.3) is 0 Å². The second-order valence-electron chi connectivity index (χ2n) is 6.28. The Labute approximate surface area is 164 Å². The van der Waals surface area contributed by atoms with Crippen LogP contribution in [-0.2, 0) is 20.9 Å². The number of hydrogen-bond acceptors (Lipinski definition) is 5. The summed E-state index contributed by atoms with van der Waals surface area (Å²) in [5, 5.41) is 11.4. The van der Waals surface area contributed by atoms with E-state index in [9.17, 15) is 9.59 Å². The summed E-state index contributed by atoms with van der Waals surface area (Å²) in [6.07, 6.45) is 1.17. The van der Waals surface area contributed by atoms with E-state index in [4.69, 9.17) is 14.7 Å². The Bertz CT molecular complexity index is 734. The van der Waals surface area contributed by atoms with Gasteiger partial charge in [0.2, 0.25) is 5.91 Å². The zero-order chi connectivity index (χ0) is 20.2. The van der Waals surface area contributed by atoms with Crippen molar-refractivity contribution in [3.8, 4) is 5.75 Å². The van der Waals surface area contributed by atoms with E-state index in [0.29, 0.717) is 24.9 Å². The molecule has 0 aliphatic rings. The van der Waals surface area contributed by atoms with Crippen molar-refractivity contribution in [3.63, 3.8) is 0 Å². The Balaban J connectivity index is 1.93. The molecule has 2 rings (SSSR count). The van der Waals surface area contributed by atoms with Crippen LogP contribution < -0.4 is 15.5 Å². The fraction of sp³-hybridized carbons (Fsp3) is 0.333. The Morgan fingerprint density at radius 1 is 1.04 bits per heavy atom. The van der Waals surface area contributed by atoms with Gasteiger partial charge in [-0.3, -0.25) is 14.8 Å². The van der Waals surface area contributed by atoms with Gasteiger partial charge in [0.15, 0.2) is 0 Å². The van der Waals surface area contributed by atoms with E-state index >= 15 is 0 Å². The van der Waals surface area contributed by atoms with Crippen LogP contribution in [-0.4, -0.2) is 30.2 Å². The molecule has 2 amide bonds. The van der Waals surface area contributed by atoms with Crippen molar-refractivity contribution < 1.29 is 24.3 Å². The number of nitrogens with one attached hydrogen (secondary N) is 2. The predicted octanol–water partition coefficient (Wildman–Crippen LogP) is 3.28. The number of anilines is 1. The third-order valence-electron chi connectivity index (χ3n) is 4.19. The molecule has 0 aliphatic carbocycles. The van der Waals surface area contributed by atoms with Crippen molar-refractivity contribution in [2.75, 3.05) is 12.4 Å². The van der Waals surface area contributed by atoms with Gasteiger partial charge in [-0.25, -0.2) is 5.48 Å². The molecule has 0 heterocycles. The molecule has 7 nitrogen and oxygen atoms in total. The van der Waals surface area contributed by atoms with Crippen LogP contribution in [0.4, 0.5) is 5.69 Å². The lowest BCUT2D eigenvalue weighted by atomic mass is 10.1. The molecular weight excluding hydrogens is 360 g/mol. The first-order valence-electron chi connectivity index (χ1n) is 9.15. The van der Waals surface area contributed by atoms with Gasteiger partial charge in [0.25, 0.3) is 5.91 Å². The molecule has 2 aromatic rings. The van der Waals surface area contributed by atoms with Gasteiger partial charge < -0.3 is 14.8 Å². The number of carbonyl (C=O) groups excluding carboxylic acids is 2. The highest BCUT2D eigenvalue weighted by Gasteiger charge is 2.19. The number of carbonyl (C=O) groups is 2. The average Bonchev–Trinajstić information content (AvgIpc) is 2.74. The van der Waals surface area contributed by atoms with Gasteiger partial charge in [0.1, 0.15) is 11.9 Å². The fourth-order valence-corrected chi connectivity index (χ4v) is 2.62. The highest BCUT2D eigenvalue weighted by Crippen LogP contribution is 2.16. The zero-order valence-electron chi connectivity index (χ0n) is 15.9. The van der Waals surface area contributed by atoms with Gasteiger partial charge in [0.05, 0.1) is 13.7 Å². The van der Waals surface area contributed by atoms with Crippen molar-refractivity contribution in [1.82, 2.24) is 5.48 Å². The van der Waals surface area contributed by atoms with Gasteiger partial charge in [-0.2, -0.15) is 0 Å². The standard InChI is InChI=1S/C21H26N2O5/c1-27-18-13-11-16(12-14-18)15-28-19(9-5-6-10-20(24)23-26)21(25)22-17-7-3-2-4-8-17/h2-4,7-8,11-14,19,26H,5-6,9-10,15H2,1H3,(H,22,25)(H,23,24). The number of amides is 2. The molecule has 1 unspecified atom stereocenters. The lowest BCUT2D eigenvalue weighted by Crippen LogP contribution is -2.30. The molecule has 0 saturated carbocycles. The minimum Gasteiger partial charge on any atom is -0.497 e. The molecule has 0 spiro atoms. The Hall–Kier alpha value is -2.90. The third kappa shape index (κ3) is 7.38. The number of ether oxygens (including phenoxy) is 2. The van der Waals surface area contributed by atoms with Crippen LogP contribution in [0.5, 0.6) is 5.75 Å². The van der Waals surface area contributed by atoms with E-state index in [1.807, 2.05) is 54.6 Å². The minimum atomic E-state index is -0.653. The van der Waals surface area contributed by atoms with Crippen LogP contribution in [0.1, 0.15) is 31.2 Å². The normalized spacial score (nSPS) is 11.5. The summed E-state index contributed by atoms with van der Waals surface area (Å²) < 4.78 is 11.0. The molecule has 28 heavy (non-hydrogen) atoms. The van der Waals surface area contributed by atoms with Gasteiger partial charge in [-0.15, -0.1) is 0 Å². The molecule has 0 radical (unpaired) electrons. The van der Waals surface area contributed by atoms with E-state index in [0.717, 1.165) is 11.3 Å². The summed E-state index contributed by atoms with van der Waals surface area (Å²) in [5.41, 5.74) is 3.23. The number of para-hydroxylation sites is 1. The van der Waals surface area contributed by atoms with Crippen LogP contribution in [0.15, 0.2) is 54.6 Å². The molecule has 2 aromatic carbocycles. The molecule has 1 atom stereocenters. The van der Waals surface area contributed by atoms with Gasteiger partial charge >= 0.3 is 0 Å². The summed E-state index contributed by atoms with van der Waals surface area (Å²) >= 11 is 0. The van der Waals surface area contributed by atoms with Crippen molar-refractivity contribution in [2.45, 2.75) is 38.4 Å². The molecule has 0 fully saturated rings. The van der Waals surface area contributed by atoms with Crippen LogP contribution >= 0.6 is 0 Å². The van der Waals surface area contributed by atoms with Crippen LogP contribution in [0, 0.1) is 0 Å². The highest BCUT2D eigenvalue weighted by atomic mass is 16.5. The topological polar surface area (TPSA) is 96.9 Å². The molecule has 0 aromatic heterocycles. The van der Waals surface area contributed by atoms with E-state index in [1.54, 1.807) is 12.6 Å². The summed E-state index contributed by atoms with van der Waals surface area (Å²) in [7, 11) is 1.60. The Morgan fingerprint density at radius 2 is 1.75 bits per heavy atom. The van der Waals surface area contributed by atoms with E-state index < -0.39 is 12.0 Å². The Kier molecular flexibility index (Phi) is 8.97. The number of hydroxylamine groups is 1. The zero-order valence-corrected chi connectivity index (χ0v) is 15.9. The number of methoxy groups -OCH3 is 1. The summed E-state index contributed by atoms with van der Waals surface area (Å²) in [6, 6.07) is 16.6. The summed E-state index contributed by atoms with van der Waals surface area (Å²) in [5.74, 6) is 0.0834. The lowest BCUT2D eigenvalue weighted by Gasteiger charge is -2.18. The van der Waals surface area contributed by atoms with Crippen molar-refractivity contribution in [2.24, 2.45) is 0 Å². The molecule has 0 saturated heterocycles. The van der Waals surface area contributed by atoms with E-state index in [2.05, 4.69) is 5.32 Å². The number of unbranched alkanes of at least 4 members (excludes halogenated alkanes) is 1. The molecule has 150 valence electrons. The first-order valence-corrected chi connectivity index (χ1v) is 9.15. The van der Waals surface area contributed by atoms with Crippen molar-refractivity contribution in [1.29, 1.82) is 0 Å². The number of rotatable bonds is 11. The monoisotopic (exact) mass is 386 g/mol. The second kappa shape index (κ2) is 11.7. The van der Waals surface area contributed by atoms with Crippen LogP contribution in [0.3, 0.4) is 0 Å². The van der Waals surface area contributed by atoms with E-state index in [1.165, 1.54) is 0 Å². The molecule has 0 aliphatic heterocycles. The highest BCUT2D eigenvalue weighted by molar-refractivity contribution is 5.94. The quantitative estimate of drug-likeness (QED) is 0.313. The smallest absolute Gasteiger partial charge is 0.253 e. The van der Waals surface area contributed by atoms with Gasteiger partial charge in [0, 0.05) is 12.1 Å². The lowest BCUT2D eigenvalue weighted by molar-refractivity contribution is -0.129. The van der Waals surface area contributed by atoms with Crippen molar-refractivity contribution in [3.05, 3.63) is 60.2 Å². The van der Waals surface area contributed by atoms with E-state index in [-0.39, 0.29) is 18.9 Å². The maximum atomic E-state index is 12.6. The van der Waals surface area contributed by atoms with Crippen molar-refractivity contribution >= 4 is 17.5 Å². The molecular formula is C21H26N2O5. The molecule has 7 heteroatoms. The average molecular weight is 386 g/mol. The Morgan fingerprint density at radius 3 is 2.39 bits per heavy atom. The summed E-state index contributed by atoms with van der Waals surface area (Å²) in [4.78, 5) is 23.8.